The SMILES string of the molecule is Cc1ccc(NC(=O)C[N+]2(C)CCCC2)cc1O. The average Bonchev–Trinajstić information content (AvgIpc) is 2.70. The van der Waals surface area contributed by atoms with E-state index in [1.165, 1.54) is 12.8 Å². The van der Waals surface area contributed by atoms with Gasteiger partial charge in [0, 0.05) is 24.6 Å². The number of likely N-dealkylation sites (tertiary alicyclic amines) is 1. The summed E-state index contributed by atoms with van der Waals surface area (Å²) in [6.45, 7) is 4.49. The molecule has 1 fully saturated rings. The van der Waals surface area contributed by atoms with Gasteiger partial charge in [-0.05, 0) is 18.6 Å². The van der Waals surface area contributed by atoms with Crippen LogP contribution in [0.15, 0.2) is 18.2 Å². The van der Waals surface area contributed by atoms with E-state index in [1.807, 2.05) is 13.0 Å². The third kappa shape index (κ3) is 3.01. The minimum Gasteiger partial charge on any atom is -0.508 e. The van der Waals surface area contributed by atoms with Gasteiger partial charge >= 0.3 is 0 Å². The highest BCUT2D eigenvalue weighted by molar-refractivity contribution is 5.91. The number of amides is 1. The number of aromatic hydroxyl groups is 1. The van der Waals surface area contributed by atoms with E-state index >= 15 is 0 Å². The van der Waals surface area contributed by atoms with Crippen LogP contribution in [0.4, 0.5) is 5.69 Å². The molecule has 1 amide bonds. The van der Waals surface area contributed by atoms with Crippen molar-refractivity contribution in [2.24, 2.45) is 0 Å². The molecule has 1 heterocycles. The summed E-state index contributed by atoms with van der Waals surface area (Å²) in [4.78, 5) is 12.0. The Morgan fingerprint density at radius 1 is 1.39 bits per heavy atom. The van der Waals surface area contributed by atoms with Crippen molar-refractivity contribution in [1.29, 1.82) is 0 Å². The number of anilines is 1. The lowest BCUT2D eigenvalue weighted by Crippen LogP contribution is -2.46. The largest absolute Gasteiger partial charge is 0.508 e. The standard InChI is InChI=1S/C14H20N2O2/c1-11-5-6-12(9-13(11)17)15-14(18)10-16(2)7-3-4-8-16/h5-6,9H,3-4,7-8,10H2,1-2H3,(H-,15,17,18)/p+1. The number of phenolic OH excluding ortho intramolecular Hbond substituents is 1. The van der Waals surface area contributed by atoms with Gasteiger partial charge in [0.1, 0.15) is 5.75 Å². The smallest absolute Gasteiger partial charge is 0.279 e. The molecular weight excluding hydrogens is 228 g/mol. The normalized spacial score (nSPS) is 17.7. The second kappa shape index (κ2) is 4.98. The molecule has 0 spiro atoms. The van der Waals surface area contributed by atoms with E-state index in [0.29, 0.717) is 12.2 Å². The topological polar surface area (TPSA) is 49.3 Å². The number of hydrogen-bond donors (Lipinski definition) is 2. The van der Waals surface area contributed by atoms with Crippen LogP contribution in [-0.2, 0) is 4.79 Å². The van der Waals surface area contributed by atoms with Gasteiger partial charge in [0.2, 0.25) is 0 Å². The van der Waals surface area contributed by atoms with Gasteiger partial charge in [-0.25, -0.2) is 0 Å². The van der Waals surface area contributed by atoms with E-state index < -0.39 is 0 Å². The molecule has 2 N–H and O–H groups in total. The van der Waals surface area contributed by atoms with Crippen LogP contribution in [0, 0.1) is 6.92 Å². The molecule has 0 atom stereocenters. The molecule has 1 saturated heterocycles. The van der Waals surface area contributed by atoms with Crippen LogP contribution in [0.25, 0.3) is 0 Å². The quantitative estimate of drug-likeness (QED) is 0.804. The highest BCUT2D eigenvalue weighted by Crippen LogP contribution is 2.21. The van der Waals surface area contributed by atoms with Crippen molar-refractivity contribution >= 4 is 11.6 Å². The number of nitrogens with one attached hydrogen (secondary N) is 1. The minimum absolute atomic E-state index is 0.0163. The number of hydrogen-bond acceptors (Lipinski definition) is 2. The van der Waals surface area contributed by atoms with E-state index in [4.69, 9.17) is 0 Å². The lowest BCUT2D eigenvalue weighted by atomic mass is 10.2. The van der Waals surface area contributed by atoms with Crippen LogP contribution in [-0.4, -0.2) is 42.2 Å². The highest BCUT2D eigenvalue weighted by Gasteiger charge is 2.29. The first-order valence-corrected chi connectivity index (χ1v) is 6.42. The Balaban J connectivity index is 1.96. The van der Waals surface area contributed by atoms with E-state index in [9.17, 15) is 9.90 Å². The third-order valence-corrected chi connectivity index (χ3v) is 3.66. The van der Waals surface area contributed by atoms with Crippen molar-refractivity contribution in [3.63, 3.8) is 0 Å². The summed E-state index contributed by atoms with van der Waals surface area (Å²) in [5, 5.41) is 12.4. The Bertz CT molecular complexity index is 451. The van der Waals surface area contributed by atoms with Crippen molar-refractivity contribution < 1.29 is 14.4 Å². The van der Waals surface area contributed by atoms with Crippen LogP contribution in [0.5, 0.6) is 5.75 Å². The molecule has 0 saturated carbocycles. The molecule has 1 aromatic rings. The van der Waals surface area contributed by atoms with Crippen LogP contribution in [0.1, 0.15) is 18.4 Å². The van der Waals surface area contributed by atoms with Gasteiger partial charge in [-0.15, -0.1) is 0 Å². The van der Waals surface area contributed by atoms with Gasteiger partial charge in [0.25, 0.3) is 5.91 Å². The van der Waals surface area contributed by atoms with E-state index in [2.05, 4.69) is 12.4 Å². The fourth-order valence-corrected chi connectivity index (χ4v) is 2.49. The Hall–Kier alpha value is -1.55. The molecule has 0 aliphatic carbocycles. The second-order valence-electron chi connectivity index (χ2n) is 5.48. The Kier molecular flexibility index (Phi) is 3.57. The minimum atomic E-state index is 0.0163. The molecule has 0 aromatic heterocycles. The number of rotatable bonds is 3. The van der Waals surface area contributed by atoms with Gasteiger partial charge in [-0.2, -0.15) is 0 Å². The summed E-state index contributed by atoms with van der Waals surface area (Å²) in [5.74, 6) is 0.233. The summed E-state index contributed by atoms with van der Waals surface area (Å²) in [6.07, 6.45) is 2.41. The predicted octanol–water partition coefficient (Wildman–Crippen LogP) is 1.88. The lowest BCUT2D eigenvalue weighted by molar-refractivity contribution is -0.889. The molecule has 1 aliphatic rings. The maximum Gasteiger partial charge on any atom is 0.279 e. The summed E-state index contributed by atoms with van der Waals surface area (Å²) in [5.41, 5.74) is 1.47. The number of aryl methyl sites for hydroxylation is 1. The fraction of sp³-hybridized carbons (Fsp3) is 0.500. The van der Waals surface area contributed by atoms with E-state index in [-0.39, 0.29) is 11.7 Å². The number of benzene rings is 1. The van der Waals surface area contributed by atoms with Crippen LogP contribution in [0.3, 0.4) is 0 Å². The molecule has 98 valence electrons. The summed E-state index contributed by atoms with van der Waals surface area (Å²) < 4.78 is 0.823. The van der Waals surface area contributed by atoms with Crippen molar-refractivity contribution in [2.45, 2.75) is 19.8 Å². The number of nitrogens with zero attached hydrogens (tertiary/aromatic N) is 1. The highest BCUT2D eigenvalue weighted by atomic mass is 16.3. The van der Waals surface area contributed by atoms with Crippen LogP contribution < -0.4 is 5.32 Å². The summed E-state index contributed by atoms with van der Waals surface area (Å²) >= 11 is 0. The number of likely N-dealkylation sites (N-methyl/N-ethyl adjacent to an activating group) is 1. The second-order valence-corrected chi connectivity index (χ2v) is 5.48. The zero-order valence-corrected chi connectivity index (χ0v) is 11.1. The Morgan fingerprint density at radius 3 is 2.67 bits per heavy atom. The fourth-order valence-electron chi connectivity index (χ4n) is 2.49. The monoisotopic (exact) mass is 249 g/mol. The molecule has 0 radical (unpaired) electrons. The molecule has 1 aromatic carbocycles. The van der Waals surface area contributed by atoms with Crippen molar-refractivity contribution in [2.75, 3.05) is 32.0 Å². The van der Waals surface area contributed by atoms with Crippen molar-refractivity contribution in [3.05, 3.63) is 23.8 Å². The zero-order chi connectivity index (χ0) is 13.2. The molecule has 2 rings (SSSR count). The maximum atomic E-state index is 12.0. The summed E-state index contributed by atoms with van der Waals surface area (Å²) in [6, 6.07) is 5.21. The first-order chi connectivity index (χ1) is 8.48. The number of quaternary nitrogens is 1. The maximum absolute atomic E-state index is 12.0. The van der Waals surface area contributed by atoms with Gasteiger partial charge in [-0.3, -0.25) is 4.79 Å². The third-order valence-electron chi connectivity index (χ3n) is 3.66. The number of carbonyl (C=O) groups excluding carboxylic acids is 1. The molecule has 0 bridgehead atoms. The number of carbonyl (C=O) groups is 1. The molecule has 18 heavy (non-hydrogen) atoms. The molecule has 4 heteroatoms. The Morgan fingerprint density at radius 2 is 2.06 bits per heavy atom. The van der Waals surface area contributed by atoms with Gasteiger partial charge in [0.05, 0.1) is 20.1 Å². The van der Waals surface area contributed by atoms with Crippen molar-refractivity contribution in [1.82, 2.24) is 0 Å². The van der Waals surface area contributed by atoms with Crippen LogP contribution >= 0.6 is 0 Å². The van der Waals surface area contributed by atoms with Gasteiger partial charge in [0.15, 0.2) is 6.54 Å². The average molecular weight is 249 g/mol. The van der Waals surface area contributed by atoms with Gasteiger partial charge < -0.3 is 14.9 Å². The lowest BCUT2D eigenvalue weighted by Gasteiger charge is -2.28. The molecule has 4 nitrogen and oxygen atoms in total. The molecule has 0 unspecified atom stereocenters. The van der Waals surface area contributed by atoms with Crippen LogP contribution in [0.2, 0.25) is 0 Å². The van der Waals surface area contributed by atoms with E-state index in [1.54, 1.807) is 12.1 Å². The molecule has 1 aliphatic heterocycles. The van der Waals surface area contributed by atoms with Crippen molar-refractivity contribution in [3.8, 4) is 5.75 Å². The predicted molar refractivity (Wildman–Crippen MR) is 71.5 cm³/mol. The Labute approximate surface area is 108 Å². The summed E-state index contributed by atoms with van der Waals surface area (Å²) in [7, 11) is 2.12. The van der Waals surface area contributed by atoms with Gasteiger partial charge in [-0.1, -0.05) is 6.07 Å². The first kappa shape index (κ1) is 12.9. The first-order valence-electron chi connectivity index (χ1n) is 6.42. The molecular formula is C14H21N2O2+. The number of phenols is 1. The van der Waals surface area contributed by atoms with E-state index in [0.717, 1.165) is 23.1 Å². The zero-order valence-electron chi connectivity index (χ0n) is 11.1.